The van der Waals surface area contributed by atoms with E-state index < -0.39 is 0 Å². The number of rotatable bonds is 6. The summed E-state index contributed by atoms with van der Waals surface area (Å²) < 4.78 is 5.98. The summed E-state index contributed by atoms with van der Waals surface area (Å²) in [6, 6.07) is 9.90. The lowest BCUT2D eigenvalue weighted by Crippen LogP contribution is -2.12. The van der Waals surface area contributed by atoms with Gasteiger partial charge in [0.05, 0.1) is 11.3 Å². The Balaban J connectivity index is 1.66. The average Bonchev–Trinajstić information content (AvgIpc) is 3.13. The van der Waals surface area contributed by atoms with Crippen molar-refractivity contribution in [2.24, 2.45) is 0 Å². The molecule has 3 rings (SSSR count). The van der Waals surface area contributed by atoms with Crippen molar-refractivity contribution >= 4 is 49.2 Å². The number of thiophene rings is 1. The molecule has 0 bridgehead atoms. The van der Waals surface area contributed by atoms with Crippen LogP contribution in [0.2, 0.25) is 0 Å². The smallest absolute Gasteiger partial charge is 0.348 e. The van der Waals surface area contributed by atoms with Crippen LogP contribution in [0.15, 0.2) is 30.3 Å². The van der Waals surface area contributed by atoms with Gasteiger partial charge in [-0.2, -0.15) is 0 Å². The van der Waals surface area contributed by atoms with Crippen molar-refractivity contribution in [3.8, 4) is 0 Å². The normalized spacial score (nSPS) is 10.8. The van der Waals surface area contributed by atoms with Crippen molar-refractivity contribution in [1.82, 2.24) is 4.98 Å². The summed E-state index contributed by atoms with van der Waals surface area (Å²) in [7, 11) is 0. The number of amides is 1. The topological polar surface area (TPSA) is 68.3 Å². The zero-order chi connectivity index (χ0) is 17.8. The van der Waals surface area contributed by atoms with E-state index >= 15 is 0 Å². The second-order valence-electron chi connectivity index (χ2n) is 5.46. The fraction of sp³-hybridized carbons (Fsp3) is 0.278. The van der Waals surface area contributed by atoms with Gasteiger partial charge >= 0.3 is 5.97 Å². The number of anilines is 1. The summed E-state index contributed by atoms with van der Waals surface area (Å²) in [6.07, 6.45) is 1.10. The zero-order valence-corrected chi connectivity index (χ0v) is 15.6. The number of nitrogens with zero attached hydrogens (tertiary/aromatic N) is 1. The molecule has 0 saturated carbocycles. The van der Waals surface area contributed by atoms with Crippen molar-refractivity contribution in [3.05, 3.63) is 46.3 Å². The Labute approximate surface area is 153 Å². The number of benzene rings is 1. The summed E-state index contributed by atoms with van der Waals surface area (Å²) in [4.78, 5) is 29.8. The van der Waals surface area contributed by atoms with Gasteiger partial charge in [0.2, 0.25) is 5.91 Å². The first-order valence-electron chi connectivity index (χ1n) is 7.99. The van der Waals surface area contributed by atoms with E-state index in [0.29, 0.717) is 29.5 Å². The Kier molecular flexibility index (Phi) is 5.45. The standard InChI is InChI=1S/C18H18N2O3S2/c1-3-23-17(22)15-11(2)14-16(24-15)20-18(25-14)19-13(21)10-9-12-7-5-4-6-8-12/h4-8H,3,9-10H2,1-2H3,(H,19,20,21). The molecule has 130 valence electrons. The van der Waals surface area contributed by atoms with Crippen LogP contribution in [0.5, 0.6) is 0 Å². The Morgan fingerprint density at radius 1 is 1.20 bits per heavy atom. The number of thiazole rings is 1. The summed E-state index contributed by atoms with van der Waals surface area (Å²) in [5, 5.41) is 3.42. The molecule has 1 aromatic carbocycles. The molecule has 2 heterocycles. The molecule has 0 aliphatic rings. The Morgan fingerprint density at radius 3 is 2.64 bits per heavy atom. The first kappa shape index (κ1) is 17.6. The van der Waals surface area contributed by atoms with Crippen molar-refractivity contribution in [2.45, 2.75) is 26.7 Å². The maximum Gasteiger partial charge on any atom is 0.348 e. The zero-order valence-electron chi connectivity index (χ0n) is 14.0. The van der Waals surface area contributed by atoms with E-state index in [-0.39, 0.29) is 11.9 Å². The van der Waals surface area contributed by atoms with Gasteiger partial charge in [-0.15, -0.1) is 11.3 Å². The predicted octanol–water partition coefficient (Wildman–Crippen LogP) is 4.41. The summed E-state index contributed by atoms with van der Waals surface area (Å²) in [6.45, 7) is 4.01. The molecule has 25 heavy (non-hydrogen) atoms. The molecule has 0 unspecified atom stereocenters. The third-order valence-electron chi connectivity index (χ3n) is 3.67. The monoisotopic (exact) mass is 374 g/mol. The fourth-order valence-corrected chi connectivity index (χ4v) is 4.65. The van der Waals surface area contributed by atoms with Gasteiger partial charge < -0.3 is 10.1 Å². The minimum Gasteiger partial charge on any atom is -0.462 e. The molecule has 5 nitrogen and oxygen atoms in total. The number of esters is 1. The molecular weight excluding hydrogens is 356 g/mol. The van der Waals surface area contributed by atoms with Gasteiger partial charge in [-0.05, 0) is 31.4 Å². The second kappa shape index (κ2) is 7.76. The number of ether oxygens (including phenoxy) is 1. The molecule has 0 saturated heterocycles. The molecule has 0 aliphatic heterocycles. The number of carbonyl (C=O) groups excluding carboxylic acids is 2. The largest absolute Gasteiger partial charge is 0.462 e. The molecule has 3 aromatic rings. The molecule has 1 amide bonds. The van der Waals surface area contributed by atoms with Gasteiger partial charge in [-0.3, -0.25) is 4.79 Å². The van der Waals surface area contributed by atoms with E-state index in [0.717, 1.165) is 20.7 Å². The number of hydrogen-bond donors (Lipinski definition) is 1. The highest BCUT2D eigenvalue weighted by molar-refractivity contribution is 7.30. The lowest BCUT2D eigenvalue weighted by molar-refractivity contribution is -0.116. The van der Waals surface area contributed by atoms with Crippen LogP contribution in [0, 0.1) is 6.92 Å². The number of fused-ring (bicyclic) bond motifs is 1. The van der Waals surface area contributed by atoms with Crippen LogP contribution in [0.4, 0.5) is 5.13 Å². The number of hydrogen-bond acceptors (Lipinski definition) is 6. The van der Waals surface area contributed by atoms with Crippen LogP contribution in [-0.2, 0) is 16.0 Å². The summed E-state index contributed by atoms with van der Waals surface area (Å²) in [5.41, 5.74) is 1.99. The quantitative estimate of drug-likeness (QED) is 0.649. The van der Waals surface area contributed by atoms with Crippen molar-refractivity contribution in [1.29, 1.82) is 0 Å². The van der Waals surface area contributed by atoms with Crippen LogP contribution in [0.25, 0.3) is 9.53 Å². The molecule has 1 N–H and O–H groups in total. The van der Waals surface area contributed by atoms with Crippen molar-refractivity contribution in [2.75, 3.05) is 11.9 Å². The fourth-order valence-electron chi connectivity index (χ4n) is 2.42. The molecule has 0 spiro atoms. The molecule has 0 aliphatic carbocycles. The van der Waals surface area contributed by atoms with E-state index in [1.54, 1.807) is 6.92 Å². The van der Waals surface area contributed by atoms with Crippen LogP contribution in [-0.4, -0.2) is 23.5 Å². The van der Waals surface area contributed by atoms with Gasteiger partial charge in [0, 0.05) is 6.42 Å². The molecule has 0 atom stereocenters. The van der Waals surface area contributed by atoms with Gasteiger partial charge in [0.15, 0.2) is 5.13 Å². The van der Waals surface area contributed by atoms with Crippen LogP contribution >= 0.6 is 22.7 Å². The molecule has 7 heteroatoms. The Bertz CT molecular complexity index is 900. The molecule has 0 radical (unpaired) electrons. The minimum atomic E-state index is -0.316. The van der Waals surface area contributed by atoms with Gasteiger partial charge in [-0.25, -0.2) is 9.78 Å². The highest BCUT2D eigenvalue weighted by Crippen LogP contribution is 2.37. The highest BCUT2D eigenvalue weighted by Gasteiger charge is 2.20. The second-order valence-corrected chi connectivity index (χ2v) is 7.46. The first-order valence-corrected chi connectivity index (χ1v) is 9.62. The third kappa shape index (κ3) is 4.05. The number of carbonyl (C=O) groups is 2. The van der Waals surface area contributed by atoms with E-state index in [1.165, 1.54) is 22.7 Å². The average molecular weight is 374 g/mol. The summed E-state index contributed by atoms with van der Waals surface area (Å²) >= 11 is 2.69. The number of aromatic nitrogens is 1. The minimum absolute atomic E-state index is 0.0616. The Morgan fingerprint density at radius 2 is 1.96 bits per heavy atom. The third-order valence-corrected chi connectivity index (χ3v) is 6.05. The maximum atomic E-state index is 12.1. The van der Waals surface area contributed by atoms with Gasteiger partial charge in [-0.1, -0.05) is 41.7 Å². The highest BCUT2D eigenvalue weighted by atomic mass is 32.1. The van der Waals surface area contributed by atoms with Crippen LogP contribution in [0.1, 0.15) is 34.1 Å². The van der Waals surface area contributed by atoms with Crippen LogP contribution < -0.4 is 5.32 Å². The van der Waals surface area contributed by atoms with E-state index in [4.69, 9.17) is 4.74 Å². The lowest BCUT2D eigenvalue weighted by atomic mass is 10.1. The number of aryl methyl sites for hydroxylation is 2. The SMILES string of the molecule is CCOC(=O)c1sc2nc(NC(=O)CCc3ccccc3)sc2c1C. The van der Waals surface area contributed by atoms with E-state index in [2.05, 4.69) is 10.3 Å². The van der Waals surface area contributed by atoms with Crippen molar-refractivity contribution in [3.63, 3.8) is 0 Å². The van der Waals surface area contributed by atoms with Crippen molar-refractivity contribution < 1.29 is 14.3 Å². The Hall–Kier alpha value is -2.25. The van der Waals surface area contributed by atoms with Crippen LogP contribution in [0.3, 0.4) is 0 Å². The predicted molar refractivity (Wildman–Crippen MR) is 102 cm³/mol. The van der Waals surface area contributed by atoms with E-state index in [1.807, 2.05) is 37.3 Å². The first-order chi connectivity index (χ1) is 12.1. The maximum absolute atomic E-state index is 12.1. The van der Waals surface area contributed by atoms with Gasteiger partial charge in [0.25, 0.3) is 0 Å². The van der Waals surface area contributed by atoms with E-state index in [9.17, 15) is 9.59 Å². The molecule has 2 aromatic heterocycles. The summed E-state index contributed by atoms with van der Waals surface area (Å²) in [5.74, 6) is -0.378. The lowest BCUT2D eigenvalue weighted by Gasteiger charge is -2.02. The molecule has 0 fully saturated rings. The van der Waals surface area contributed by atoms with Gasteiger partial charge in [0.1, 0.15) is 9.71 Å². The molecular formula is C18H18N2O3S2. The number of nitrogens with one attached hydrogen (secondary N) is 1.